The van der Waals surface area contributed by atoms with E-state index in [0.717, 1.165) is 12.2 Å². The number of nitrogens with one attached hydrogen (secondary N) is 2. The van der Waals surface area contributed by atoms with E-state index >= 15 is 0 Å². The monoisotopic (exact) mass is 221 g/mol. The molecule has 0 amide bonds. The molecule has 0 bridgehead atoms. The van der Waals surface area contributed by atoms with Gasteiger partial charge in [-0.05, 0) is 38.5 Å². The van der Waals surface area contributed by atoms with Crippen LogP contribution in [-0.2, 0) is 6.54 Å². The third-order valence-corrected chi connectivity index (χ3v) is 3.82. The van der Waals surface area contributed by atoms with Gasteiger partial charge in [-0.3, -0.25) is 5.10 Å². The summed E-state index contributed by atoms with van der Waals surface area (Å²) in [7, 11) is 0. The highest BCUT2D eigenvalue weighted by Gasteiger charge is 2.40. The molecule has 2 N–H and O–H groups in total. The summed E-state index contributed by atoms with van der Waals surface area (Å²) in [6.45, 7) is 8.57. The first-order valence-corrected chi connectivity index (χ1v) is 6.38. The molecule has 2 rings (SSSR count). The zero-order valence-electron chi connectivity index (χ0n) is 10.7. The third-order valence-electron chi connectivity index (χ3n) is 3.82. The molecule has 1 saturated carbocycles. The molecule has 0 unspecified atom stereocenters. The van der Waals surface area contributed by atoms with Crippen LogP contribution in [0.1, 0.15) is 49.6 Å². The number of hydrogen-bond acceptors (Lipinski definition) is 2. The Kier molecular flexibility index (Phi) is 3.33. The Morgan fingerprint density at radius 2 is 2.12 bits per heavy atom. The van der Waals surface area contributed by atoms with Crippen molar-refractivity contribution in [3.05, 3.63) is 17.0 Å². The van der Waals surface area contributed by atoms with Crippen LogP contribution in [0.4, 0.5) is 0 Å². The molecule has 0 saturated heterocycles. The molecule has 1 aliphatic rings. The van der Waals surface area contributed by atoms with E-state index in [2.05, 4.69) is 36.3 Å². The summed E-state index contributed by atoms with van der Waals surface area (Å²) in [6, 6.07) is 0. The van der Waals surface area contributed by atoms with Crippen LogP contribution >= 0.6 is 0 Å². The standard InChI is InChI=1S/C13H23N3/c1-4-5-13(6-7-13)9-14-8-12-10(2)15-16-11(12)3/h14H,4-9H2,1-3H3,(H,15,16). The van der Waals surface area contributed by atoms with Gasteiger partial charge in [0.1, 0.15) is 0 Å². The first-order valence-electron chi connectivity index (χ1n) is 6.38. The molecule has 16 heavy (non-hydrogen) atoms. The average molecular weight is 221 g/mol. The Labute approximate surface area is 98.0 Å². The van der Waals surface area contributed by atoms with E-state index in [-0.39, 0.29) is 0 Å². The summed E-state index contributed by atoms with van der Waals surface area (Å²) in [5, 5.41) is 10.9. The second kappa shape index (κ2) is 4.58. The number of H-pyrrole nitrogens is 1. The van der Waals surface area contributed by atoms with Crippen LogP contribution in [-0.4, -0.2) is 16.7 Å². The molecule has 1 aliphatic carbocycles. The molecular formula is C13H23N3. The summed E-state index contributed by atoms with van der Waals surface area (Å²) < 4.78 is 0. The number of hydrogen-bond donors (Lipinski definition) is 2. The maximum atomic E-state index is 4.22. The highest BCUT2D eigenvalue weighted by Crippen LogP contribution is 2.48. The SMILES string of the molecule is CCCC1(CNCc2c(C)n[nH]c2C)CC1. The van der Waals surface area contributed by atoms with Crippen LogP contribution < -0.4 is 5.32 Å². The van der Waals surface area contributed by atoms with Crippen LogP contribution in [0.25, 0.3) is 0 Å². The lowest BCUT2D eigenvalue weighted by Crippen LogP contribution is -2.24. The molecule has 1 aromatic heterocycles. The van der Waals surface area contributed by atoms with Gasteiger partial charge >= 0.3 is 0 Å². The van der Waals surface area contributed by atoms with Crippen molar-refractivity contribution in [1.29, 1.82) is 0 Å². The molecule has 3 heteroatoms. The van der Waals surface area contributed by atoms with Crippen molar-refractivity contribution in [2.45, 2.75) is 53.0 Å². The molecule has 3 nitrogen and oxygen atoms in total. The highest BCUT2D eigenvalue weighted by molar-refractivity contribution is 5.22. The predicted molar refractivity (Wildman–Crippen MR) is 66.3 cm³/mol. The van der Waals surface area contributed by atoms with Crippen molar-refractivity contribution in [3.63, 3.8) is 0 Å². The van der Waals surface area contributed by atoms with E-state index in [9.17, 15) is 0 Å². The van der Waals surface area contributed by atoms with Gasteiger partial charge in [0.25, 0.3) is 0 Å². The Bertz CT molecular complexity index is 331. The largest absolute Gasteiger partial charge is 0.312 e. The molecule has 0 radical (unpaired) electrons. The molecule has 1 fully saturated rings. The molecule has 0 spiro atoms. The van der Waals surface area contributed by atoms with Gasteiger partial charge in [-0.25, -0.2) is 0 Å². The van der Waals surface area contributed by atoms with Gasteiger partial charge in [-0.1, -0.05) is 13.3 Å². The molecule has 1 aromatic rings. The summed E-state index contributed by atoms with van der Waals surface area (Å²) in [4.78, 5) is 0. The van der Waals surface area contributed by atoms with Gasteiger partial charge in [0.05, 0.1) is 5.69 Å². The summed E-state index contributed by atoms with van der Waals surface area (Å²) >= 11 is 0. The van der Waals surface area contributed by atoms with E-state index in [1.807, 2.05) is 0 Å². The fourth-order valence-electron chi connectivity index (χ4n) is 2.51. The zero-order valence-corrected chi connectivity index (χ0v) is 10.7. The normalized spacial score (nSPS) is 17.7. The summed E-state index contributed by atoms with van der Waals surface area (Å²) in [5.41, 5.74) is 4.31. The molecule has 1 heterocycles. The number of aromatic nitrogens is 2. The lowest BCUT2D eigenvalue weighted by Gasteiger charge is -2.14. The topological polar surface area (TPSA) is 40.7 Å². The van der Waals surface area contributed by atoms with Crippen molar-refractivity contribution >= 4 is 0 Å². The third kappa shape index (κ3) is 2.46. The average Bonchev–Trinajstić information content (AvgIpc) is 2.94. The van der Waals surface area contributed by atoms with Crippen LogP contribution in [0.5, 0.6) is 0 Å². The first kappa shape index (κ1) is 11.6. The van der Waals surface area contributed by atoms with Crippen molar-refractivity contribution < 1.29 is 0 Å². The van der Waals surface area contributed by atoms with E-state index in [4.69, 9.17) is 0 Å². The van der Waals surface area contributed by atoms with Crippen molar-refractivity contribution in [2.24, 2.45) is 5.41 Å². The van der Waals surface area contributed by atoms with Gasteiger partial charge in [-0.2, -0.15) is 5.10 Å². The van der Waals surface area contributed by atoms with Crippen LogP contribution in [0.3, 0.4) is 0 Å². The van der Waals surface area contributed by atoms with Crippen molar-refractivity contribution in [1.82, 2.24) is 15.5 Å². The van der Waals surface area contributed by atoms with E-state index in [0.29, 0.717) is 5.41 Å². The van der Waals surface area contributed by atoms with Gasteiger partial charge in [-0.15, -0.1) is 0 Å². The Morgan fingerprint density at radius 3 is 2.62 bits per heavy atom. The van der Waals surface area contributed by atoms with E-state index in [1.54, 1.807) is 0 Å². The van der Waals surface area contributed by atoms with Gasteiger partial charge in [0, 0.05) is 24.3 Å². The minimum atomic E-state index is 0.639. The number of nitrogens with zero attached hydrogens (tertiary/aromatic N) is 1. The second-order valence-electron chi connectivity index (χ2n) is 5.27. The Hall–Kier alpha value is -0.830. The maximum Gasteiger partial charge on any atom is 0.0638 e. The molecule has 90 valence electrons. The lowest BCUT2D eigenvalue weighted by atomic mass is 10.0. The van der Waals surface area contributed by atoms with Crippen molar-refractivity contribution in [3.8, 4) is 0 Å². The van der Waals surface area contributed by atoms with E-state index in [1.165, 1.54) is 43.5 Å². The minimum Gasteiger partial charge on any atom is -0.312 e. The smallest absolute Gasteiger partial charge is 0.0638 e. The zero-order chi connectivity index (χ0) is 11.6. The van der Waals surface area contributed by atoms with E-state index < -0.39 is 0 Å². The number of rotatable bonds is 6. The second-order valence-corrected chi connectivity index (χ2v) is 5.27. The first-order chi connectivity index (χ1) is 7.67. The number of aryl methyl sites for hydroxylation is 2. The van der Waals surface area contributed by atoms with Gasteiger partial charge in [0.15, 0.2) is 0 Å². The molecular weight excluding hydrogens is 198 g/mol. The summed E-state index contributed by atoms with van der Waals surface area (Å²) in [6.07, 6.45) is 5.52. The molecule has 0 atom stereocenters. The predicted octanol–water partition coefficient (Wildman–Crippen LogP) is 2.70. The lowest BCUT2D eigenvalue weighted by molar-refractivity contribution is 0.420. The van der Waals surface area contributed by atoms with Gasteiger partial charge < -0.3 is 5.32 Å². The molecule has 0 aliphatic heterocycles. The maximum absolute atomic E-state index is 4.22. The quantitative estimate of drug-likeness (QED) is 0.775. The Morgan fingerprint density at radius 1 is 1.38 bits per heavy atom. The van der Waals surface area contributed by atoms with Crippen LogP contribution in [0.15, 0.2) is 0 Å². The number of aromatic amines is 1. The van der Waals surface area contributed by atoms with Crippen molar-refractivity contribution in [2.75, 3.05) is 6.54 Å². The molecule has 0 aromatic carbocycles. The highest BCUT2D eigenvalue weighted by atomic mass is 15.1. The van der Waals surface area contributed by atoms with Crippen LogP contribution in [0.2, 0.25) is 0 Å². The minimum absolute atomic E-state index is 0.639. The van der Waals surface area contributed by atoms with Crippen LogP contribution in [0, 0.1) is 19.3 Å². The Balaban J connectivity index is 1.80. The summed E-state index contributed by atoms with van der Waals surface area (Å²) in [5.74, 6) is 0. The fourth-order valence-corrected chi connectivity index (χ4v) is 2.51. The fraction of sp³-hybridized carbons (Fsp3) is 0.769. The van der Waals surface area contributed by atoms with Gasteiger partial charge in [0.2, 0.25) is 0 Å².